The lowest BCUT2D eigenvalue weighted by Gasteiger charge is -2.34. The van der Waals surface area contributed by atoms with Gasteiger partial charge in [-0.1, -0.05) is 24.6 Å². The van der Waals surface area contributed by atoms with Crippen molar-refractivity contribution in [1.82, 2.24) is 14.8 Å². The molecule has 1 saturated heterocycles. The maximum atomic E-state index is 13.7. The lowest BCUT2D eigenvalue weighted by atomic mass is 10.1. The molecule has 2 amide bonds. The highest BCUT2D eigenvalue weighted by atomic mass is 35.5. The molecule has 0 saturated carbocycles. The summed E-state index contributed by atoms with van der Waals surface area (Å²) < 4.78 is 18.8. The first-order valence-corrected chi connectivity index (χ1v) is 11.3. The maximum absolute atomic E-state index is 13.7. The predicted octanol–water partition coefficient (Wildman–Crippen LogP) is 5.31. The van der Waals surface area contributed by atoms with Gasteiger partial charge in [-0.05, 0) is 55.3 Å². The van der Waals surface area contributed by atoms with Gasteiger partial charge in [0.1, 0.15) is 5.82 Å². The summed E-state index contributed by atoms with van der Waals surface area (Å²) in [5.41, 5.74) is 2.97. The molecule has 8 heteroatoms. The van der Waals surface area contributed by atoms with Gasteiger partial charge in [0.15, 0.2) is 0 Å². The van der Waals surface area contributed by atoms with Crippen LogP contribution in [-0.2, 0) is 4.74 Å². The number of hydrogen-bond acceptors (Lipinski definition) is 4. The van der Waals surface area contributed by atoms with Crippen LogP contribution in [-0.4, -0.2) is 59.6 Å². The number of amides is 2. The van der Waals surface area contributed by atoms with Crippen molar-refractivity contribution >= 4 is 34.5 Å². The van der Waals surface area contributed by atoms with E-state index in [1.165, 1.54) is 6.07 Å². The van der Waals surface area contributed by atoms with Gasteiger partial charge in [-0.2, -0.15) is 0 Å². The number of benzene rings is 2. The minimum absolute atomic E-state index is 0.126. The van der Waals surface area contributed by atoms with Crippen LogP contribution in [0.5, 0.6) is 0 Å². The number of aromatic nitrogens is 1. The fourth-order valence-electron chi connectivity index (χ4n) is 3.83. The number of pyridine rings is 1. The molecule has 2 heterocycles. The van der Waals surface area contributed by atoms with Crippen molar-refractivity contribution in [2.24, 2.45) is 0 Å². The highest BCUT2D eigenvalue weighted by molar-refractivity contribution is 6.35. The smallest absolute Gasteiger partial charge is 0.409 e. The molecule has 1 aromatic heterocycles. The third-order valence-corrected chi connectivity index (χ3v) is 6.03. The van der Waals surface area contributed by atoms with Crippen molar-refractivity contribution in [3.05, 3.63) is 64.4 Å². The fourth-order valence-corrected chi connectivity index (χ4v) is 4.09. The zero-order valence-corrected chi connectivity index (χ0v) is 19.4. The molecule has 2 aromatic carbocycles. The minimum Gasteiger partial charge on any atom is -0.449 e. The SMILES string of the molecule is CCCOC(=O)N1CCN(C(=O)c2ccc3c(Cl)cc(-c4ccc(F)c(C)c4)nc3c2)CC1. The number of ether oxygens (including phenoxy) is 1. The largest absolute Gasteiger partial charge is 0.449 e. The maximum Gasteiger partial charge on any atom is 0.409 e. The van der Waals surface area contributed by atoms with Gasteiger partial charge in [0.25, 0.3) is 5.91 Å². The molecule has 0 radical (unpaired) electrons. The third kappa shape index (κ3) is 4.93. The van der Waals surface area contributed by atoms with Gasteiger partial charge >= 0.3 is 6.09 Å². The van der Waals surface area contributed by atoms with Gasteiger partial charge in [0.2, 0.25) is 0 Å². The van der Waals surface area contributed by atoms with E-state index in [1.807, 2.05) is 6.92 Å². The molecule has 0 bridgehead atoms. The number of hydrogen-bond donors (Lipinski definition) is 0. The summed E-state index contributed by atoms with van der Waals surface area (Å²) in [6.07, 6.45) is 0.434. The predicted molar refractivity (Wildman–Crippen MR) is 126 cm³/mol. The van der Waals surface area contributed by atoms with Crippen LogP contribution in [0.2, 0.25) is 5.02 Å². The molecule has 0 aliphatic carbocycles. The average Bonchev–Trinajstić information content (AvgIpc) is 2.83. The number of aryl methyl sites for hydroxylation is 1. The number of fused-ring (bicyclic) bond motifs is 1. The first-order valence-electron chi connectivity index (χ1n) is 10.9. The van der Waals surface area contributed by atoms with Crippen molar-refractivity contribution in [2.75, 3.05) is 32.8 Å². The Bertz CT molecular complexity index is 1210. The second-order valence-corrected chi connectivity index (χ2v) is 8.49. The molecule has 0 unspecified atom stereocenters. The molecule has 33 heavy (non-hydrogen) atoms. The van der Waals surface area contributed by atoms with Gasteiger partial charge in [0, 0.05) is 42.7 Å². The van der Waals surface area contributed by atoms with Gasteiger partial charge in [-0.15, -0.1) is 0 Å². The van der Waals surface area contributed by atoms with Crippen LogP contribution in [0.1, 0.15) is 29.3 Å². The van der Waals surface area contributed by atoms with E-state index in [-0.39, 0.29) is 17.8 Å². The Morgan fingerprint density at radius 1 is 1.06 bits per heavy atom. The topological polar surface area (TPSA) is 62.7 Å². The molecule has 4 rings (SSSR count). The lowest BCUT2D eigenvalue weighted by molar-refractivity contribution is 0.0560. The summed E-state index contributed by atoms with van der Waals surface area (Å²) in [6.45, 7) is 5.76. The van der Waals surface area contributed by atoms with E-state index < -0.39 is 0 Å². The van der Waals surface area contributed by atoms with E-state index in [1.54, 1.807) is 53.1 Å². The Hall–Kier alpha value is -3.19. The van der Waals surface area contributed by atoms with Gasteiger partial charge < -0.3 is 14.5 Å². The average molecular weight is 470 g/mol. The fraction of sp³-hybridized carbons (Fsp3) is 0.320. The summed E-state index contributed by atoms with van der Waals surface area (Å²) in [4.78, 5) is 33.2. The monoisotopic (exact) mass is 469 g/mol. The Balaban J connectivity index is 1.54. The molecule has 1 aliphatic rings. The number of rotatable bonds is 4. The zero-order valence-electron chi connectivity index (χ0n) is 18.6. The number of carbonyl (C=O) groups is 2. The van der Waals surface area contributed by atoms with E-state index >= 15 is 0 Å². The normalized spacial score (nSPS) is 13.9. The van der Waals surface area contributed by atoms with Gasteiger partial charge in [0.05, 0.1) is 22.8 Å². The molecule has 1 aliphatic heterocycles. The molecule has 0 N–H and O–H groups in total. The third-order valence-electron chi connectivity index (χ3n) is 5.71. The van der Waals surface area contributed by atoms with Crippen molar-refractivity contribution < 1.29 is 18.7 Å². The van der Waals surface area contributed by atoms with E-state index in [4.69, 9.17) is 16.3 Å². The highest BCUT2D eigenvalue weighted by Gasteiger charge is 2.26. The summed E-state index contributed by atoms with van der Waals surface area (Å²) in [6, 6.07) is 11.8. The van der Waals surface area contributed by atoms with E-state index in [0.717, 1.165) is 17.4 Å². The van der Waals surface area contributed by atoms with Crippen LogP contribution in [0.4, 0.5) is 9.18 Å². The van der Waals surface area contributed by atoms with Crippen molar-refractivity contribution in [2.45, 2.75) is 20.3 Å². The lowest BCUT2D eigenvalue weighted by Crippen LogP contribution is -2.50. The van der Waals surface area contributed by atoms with Crippen LogP contribution < -0.4 is 0 Å². The quantitative estimate of drug-likeness (QED) is 0.519. The summed E-state index contributed by atoms with van der Waals surface area (Å²) in [5, 5.41) is 1.24. The van der Waals surface area contributed by atoms with Crippen molar-refractivity contribution in [3.63, 3.8) is 0 Å². The molecule has 0 atom stereocenters. The van der Waals surface area contributed by atoms with Crippen LogP contribution in [0, 0.1) is 12.7 Å². The molecular weight excluding hydrogens is 445 g/mol. The first kappa shape index (κ1) is 23.0. The summed E-state index contributed by atoms with van der Waals surface area (Å²) >= 11 is 6.49. The molecule has 172 valence electrons. The van der Waals surface area contributed by atoms with Gasteiger partial charge in [-0.3, -0.25) is 4.79 Å². The Morgan fingerprint density at radius 2 is 1.79 bits per heavy atom. The number of halogens is 2. The van der Waals surface area contributed by atoms with E-state index in [0.29, 0.717) is 60.1 Å². The first-order chi connectivity index (χ1) is 15.9. The molecular formula is C25H25ClFN3O3. The standard InChI is InChI=1S/C25H25ClFN3O3/c1-3-12-33-25(32)30-10-8-29(9-11-30)24(31)18-4-6-19-20(26)15-22(28-23(19)14-18)17-5-7-21(27)16(2)13-17/h4-7,13-15H,3,8-12H2,1-2H3. The molecule has 0 spiro atoms. The summed E-state index contributed by atoms with van der Waals surface area (Å²) in [7, 11) is 0. The Labute approximate surface area is 196 Å². The van der Waals surface area contributed by atoms with Crippen LogP contribution in [0.15, 0.2) is 42.5 Å². The molecule has 1 fully saturated rings. The van der Waals surface area contributed by atoms with Crippen molar-refractivity contribution in [3.8, 4) is 11.3 Å². The van der Waals surface area contributed by atoms with E-state index in [2.05, 4.69) is 4.98 Å². The van der Waals surface area contributed by atoms with Gasteiger partial charge in [-0.25, -0.2) is 14.2 Å². The number of carbonyl (C=O) groups excluding carboxylic acids is 2. The Kier molecular flexibility index (Phi) is 6.79. The van der Waals surface area contributed by atoms with Crippen LogP contribution in [0.3, 0.4) is 0 Å². The van der Waals surface area contributed by atoms with E-state index in [9.17, 15) is 14.0 Å². The molecule has 3 aromatic rings. The second-order valence-electron chi connectivity index (χ2n) is 8.08. The second kappa shape index (κ2) is 9.75. The zero-order chi connectivity index (χ0) is 23.5. The minimum atomic E-state index is -0.336. The molecule has 6 nitrogen and oxygen atoms in total. The van der Waals surface area contributed by atoms with Crippen LogP contribution in [0.25, 0.3) is 22.2 Å². The number of nitrogens with zero attached hydrogens (tertiary/aromatic N) is 3. The van der Waals surface area contributed by atoms with Crippen LogP contribution >= 0.6 is 11.6 Å². The highest BCUT2D eigenvalue weighted by Crippen LogP contribution is 2.30. The Morgan fingerprint density at radius 3 is 2.48 bits per heavy atom. The number of piperazine rings is 1. The van der Waals surface area contributed by atoms with Crippen molar-refractivity contribution in [1.29, 1.82) is 0 Å². The summed E-state index contributed by atoms with van der Waals surface area (Å²) in [5.74, 6) is -0.406.